The molecule has 3 rings (SSSR count). The molecule has 1 aliphatic heterocycles. The van der Waals surface area contributed by atoms with Crippen LogP contribution in [0.25, 0.3) is 11.3 Å². The second kappa shape index (κ2) is 4.93. The number of hydrogen-bond donors (Lipinski definition) is 0. The molecule has 2 aromatic rings. The first kappa shape index (κ1) is 13.2. The average Bonchev–Trinajstić information content (AvgIpc) is 2.77. The Hall–Kier alpha value is -1.84. The fourth-order valence-electron chi connectivity index (χ4n) is 2.68. The lowest BCUT2D eigenvalue weighted by Crippen LogP contribution is -2.23. The van der Waals surface area contributed by atoms with Crippen LogP contribution >= 0.6 is 0 Å². The quantitative estimate of drug-likeness (QED) is 0.832. The average molecular weight is 274 g/mol. The number of ether oxygens (including phenoxy) is 1. The number of hydrogen-bond acceptors (Lipinski definition) is 2. The zero-order chi connectivity index (χ0) is 14.3. The van der Waals surface area contributed by atoms with Crippen LogP contribution in [0.1, 0.15) is 32.3 Å². The van der Waals surface area contributed by atoms with Crippen LogP contribution in [0.4, 0.5) is 4.39 Å². The number of halogens is 1. The van der Waals surface area contributed by atoms with Crippen LogP contribution in [0.5, 0.6) is 5.88 Å². The molecule has 1 aliphatic rings. The van der Waals surface area contributed by atoms with E-state index in [4.69, 9.17) is 4.74 Å². The third-order valence-electron chi connectivity index (χ3n) is 3.64. The van der Waals surface area contributed by atoms with Crippen LogP contribution in [0, 0.1) is 11.7 Å². The summed E-state index contributed by atoms with van der Waals surface area (Å²) in [6.07, 6.45) is 0. The monoisotopic (exact) mass is 274 g/mol. The van der Waals surface area contributed by atoms with Gasteiger partial charge >= 0.3 is 0 Å². The van der Waals surface area contributed by atoms with E-state index in [1.165, 1.54) is 6.07 Å². The second-order valence-corrected chi connectivity index (χ2v) is 5.80. The molecule has 4 heteroatoms. The number of benzene rings is 1. The van der Waals surface area contributed by atoms with Crippen molar-refractivity contribution in [2.45, 2.75) is 33.2 Å². The van der Waals surface area contributed by atoms with E-state index in [-0.39, 0.29) is 11.7 Å². The summed E-state index contributed by atoms with van der Waals surface area (Å²) in [5.74, 6) is 1.23. The molecule has 0 saturated heterocycles. The Kier molecular flexibility index (Phi) is 3.24. The Bertz CT molecular complexity index is 633. The van der Waals surface area contributed by atoms with Crippen molar-refractivity contribution >= 4 is 0 Å². The summed E-state index contributed by atoms with van der Waals surface area (Å²) in [5.41, 5.74) is 2.26. The summed E-state index contributed by atoms with van der Waals surface area (Å²) in [6, 6.07) is 6.78. The van der Waals surface area contributed by atoms with Crippen LogP contribution in [0.2, 0.25) is 0 Å². The van der Waals surface area contributed by atoms with Crippen LogP contribution in [-0.4, -0.2) is 16.4 Å². The fourth-order valence-corrected chi connectivity index (χ4v) is 2.68. The van der Waals surface area contributed by atoms with E-state index in [1.807, 2.05) is 10.7 Å². The molecule has 106 valence electrons. The summed E-state index contributed by atoms with van der Waals surface area (Å²) in [7, 11) is 0. The number of rotatable bonds is 2. The number of aromatic nitrogens is 2. The van der Waals surface area contributed by atoms with Gasteiger partial charge in [0, 0.05) is 17.0 Å². The predicted molar refractivity (Wildman–Crippen MR) is 76.4 cm³/mol. The second-order valence-electron chi connectivity index (χ2n) is 5.80. The van der Waals surface area contributed by atoms with Gasteiger partial charge in [0.2, 0.25) is 5.88 Å². The first-order chi connectivity index (χ1) is 9.58. The largest absolute Gasteiger partial charge is 0.477 e. The standard InChI is InChI=1S/C16H19FN2O/c1-10(2)14-15(12-6-4-5-7-13(12)17)18-19-8-11(3)9-20-16(14)19/h4-7,10-11H,8-9H2,1-3H3. The predicted octanol–water partition coefficient (Wildman–Crippen LogP) is 3.84. The van der Waals surface area contributed by atoms with Gasteiger partial charge in [-0.3, -0.25) is 0 Å². The maximum Gasteiger partial charge on any atom is 0.215 e. The molecule has 0 fully saturated rings. The van der Waals surface area contributed by atoms with Gasteiger partial charge in [-0.15, -0.1) is 0 Å². The minimum atomic E-state index is -0.238. The summed E-state index contributed by atoms with van der Waals surface area (Å²) in [5, 5.41) is 4.61. The molecule has 1 aromatic heterocycles. The van der Waals surface area contributed by atoms with Gasteiger partial charge in [-0.1, -0.05) is 32.9 Å². The van der Waals surface area contributed by atoms with Crippen LogP contribution in [0.3, 0.4) is 0 Å². The maximum atomic E-state index is 14.1. The molecule has 0 amide bonds. The third-order valence-corrected chi connectivity index (χ3v) is 3.64. The molecule has 1 aromatic carbocycles. The van der Waals surface area contributed by atoms with Crippen LogP contribution in [0.15, 0.2) is 24.3 Å². The molecule has 0 aliphatic carbocycles. The van der Waals surface area contributed by atoms with E-state index in [0.717, 1.165) is 18.0 Å². The van der Waals surface area contributed by atoms with Gasteiger partial charge in [0.05, 0.1) is 13.2 Å². The highest BCUT2D eigenvalue weighted by Gasteiger charge is 2.28. The smallest absolute Gasteiger partial charge is 0.215 e. The Morgan fingerprint density at radius 3 is 2.80 bits per heavy atom. The normalized spacial score (nSPS) is 17.9. The number of nitrogens with zero attached hydrogens (tertiary/aromatic N) is 2. The topological polar surface area (TPSA) is 27.1 Å². The number of fused-ring (bicyclic) bond motifs is 1. The molecule has 0 saturated carbocycles. The van der Waals surface area contributed by atoms with Crippen LogP contribution < -0.4 is 4.74 Å². The van der Waals surface area contributed by atoms with Crippen LogP contribution in [-0.2, 0) is 6.54 Å². The fraction of sp³-hybridized carbons (Fsp3) is 0.438. The van der Waals surface area contributed by atoms with E-state index in [0.29, 0.717) is 23.8 Å². The van der Waals surface area contributed by atoms with Gasteiger partial charge in [-0.2, -0.15) is 5.10 Å². The summed E-state index contributed by atoms with van der Waals surface area (Å²) in [6.45, 7) is 7.82. The van der Waals surface area contributed by atoms with Gasteiger partial charge < -0.3 is 4.74 Å². The van der Waals surface area contributed by atoms with E-state index in [2.05, 4.69) is 25.9 Å². The zero-order valence-corrected chi connectivity index (χ0v) is 12.1. The molecule has 1 unspecified atom stereocenters. The molecule has 20 heavy (non-hydrogen) atoms. The van der Waals surface area contributed by atoms with Crippen molar-refractivity contribution in [3.05, 3.63) is 35.6 Å². The van der Waals surface area contributed by atoms with Gasteiger partial charge in [0.15, 0.2) is 0 Å². The lowest BCUT2D eigenvalue weighted by Gasteiger charge is -2.22. The lowest BCUT2D eigenvalue weighted by molar-refractivity contribution is 0.173. The Morgan fingerprint density at radius 2 is 2.10 bits per heavy atom. The van der Waals surface area contributed by atoms with Crippen molar-refractivity contribution in [1.82, 2.24) is 9.78 Å². The highest BCUT2D eigenvalue weighted by Crippen LogP contribution is 2.38. The minimum absolute atomic E-state index is 0.238. The van der Waals surface area contributed by atoms with Gasteiger partial charge in [0.1, 0.15) is 11.5 Å². The minimum Gasteiger partial charge on any atom is -0.477 e. The Morgan fingerprint density at radius 1 is 1.35 bits per heavy atom. The van der Waals surface area contributed by atoms with E-state index in [1.54, 1.807) is 12.1 Å². The summed E-state index contributed by atoms with van der Waals surface area (Å²) >= 11 is 0. The van der Waals surface area contributed by atoms with E-state index in [9.17, 15) is 4.39 Å². The molecular weight excluding hydrogens is 255 g/mol. The van der Waals surface area contributed by atoms with Crippen molar-refractivity contribution in [3.8, 4) is 17.1 Å². The molecule has 0 spiro atoms. The SMILES string of the molecule is CC1COc2c(C(C)C)c(-c3ccccc3F)nn2C1. The molecule has 2 heterocycles. The van der Waals surface area contributed by atoms with E-state index < -0.39 is 0 Å². The van der Waals surface area contributed by atoms with Crippen molar-refractivity contribution in [1.29, 1.82) is 0 Å². The van der Waals surface area contributed by atoms with Gasteiger partial charge in [0.25, 0.3) is 0 Å². The highest BCUT2D eigenvalue weighted by atomic mass is 19.1. The highest BCUT2D eigenvalue weighted by molar-refractivity contribution is 5.67. The van der Waals surface area contributed by atoms with Crippen molar-refractivity contribution < 1.29 is 9.13 Å². The molecule has 0 radical (unpaired) electrons. The first-order valence-electron chi connectivity index (χ1n) is 7.06. The molecular formula is C16H19FN2O. The molecule has 3 nitrogen and oxygen atoms in total. The molecule has 0 bridgehead atoms. The third kappa shape index (κ3) is 2.09. The summed E-state index contributed by atoms with van der Waals surface area (Å²) in [4.78, 5) is 0. The van der Waals surface area contributed by atoms with Crippen molar-refractivity contribution in [2.75, 3.05) is 6.61 Å². The Balaban J connectivity index is 2.19. The van der Waals surface area contributed by atoms with E-state index >= 15 is 0 Å². The summed E-state index contributed by atoms with van der Waals surface area (Å²) < 4.78 is 21.8. The molecule has 0 N–H and O–H groups in total. The Labute approximate surface area is 118 Å². The lowest BCUT2D eigenvalue weighted by atomic mass is 9.98. The first-order valence-corrected chi connectivity index (χ1v) is 7.06. The van der Waals surface area contributed by atoms with Crippen molar-refractivity contribution in [3.63, 3.8) is 0 Å². The van der Waals surface area contributed by atoms with Crippen molar-refractivity contribution in [2.24, 2.45) is 5.92 Å². The molecule has 1 atom stereocenters. The maximum absolute atomic E-state index is 14.1. The van der Waals surface area contributed by atoms with Gasteiger partial charge in [-0.25, -0.2) is 9.07 Å². The zero-order valence-electron chi connectivity index (χ0n) is 12.1. The van der Waals surface area contributed by atoms with Gasteiger partial charge in [-0.05, 0) is 18.1 Å².